The van der Waals surface area contributed by atoms with Crippen molar-refractivity contribution in [2.45, 2.75) is 19.9 Å². The minimum absolute atomic E-state index is 0.667. The van der Waals surface area contributed by atoms with Gasteiger partial charge >= 0.3 is 0 Å². The molecule has 0 spiro atoms. The molecule has 14 heavy (non-hydrogen) atoms. The average Bonchev–Trinajstić information content (AvgIpc) is 2.20. The van der Waals surface area contributed by atoms with Crippen LogP contribution in [0.1, 0.15) is 18.9 Å². The van der Waals surface area contributed by atoms with Crippen LogP contribution in [0.3, 0.4) is 0 Å². The van der Waals surface area contributed by atoms with E-state index >= 15 is 0 Å². The van der Waals surface area contributed by atoms with Crippen LogP contribution in [0.25, 0.3) is 0 Å². The van der Waals surface area contributed by atoms with Crippen molar-refractivity contribution in [1.82, 2.24) is 4.90 Å². The highest BCUT2D eigenvalue weighted by Crippen LogP contribution is 2.17. The zero-order chi connectivity index (χ0) is 10.6. The maximum atomic E-state index is 7.67. The fraction of sp³-hybridized carbons (Fsp3) is 0.364. The molecule has 1 rings (SSSR count). The molecule has 3 heteroatoms. The lowest BCUT2D eigenvalue weighted by molar-refractivity contribution is 0.486. The van der Waals surface area contributed by atoms with Gasteiger partial charge < -0.3 is 4.90 Å². The predicted molar refractivity (Wildman–Crippen MR) is 63.6 cm³/mol. The maximum absolute atomic E-state index is 7.67. The maximum Gasteiger partial charge on any atom is 0.0955 e. The fourth-order valence-corrected chi connectivity index (χ4v) is 1.66. The quantitative estimate of drug-likeness (QED) is 0.651. The van der Waals surface area contributed by atoms with Crippen LogP contribution >= 0.6 is 15.9 Å². The summed E-state index contributed by atoms with van der Waals surface area (Å²) < 4.78 is 1.11. The summed E-state index contributed by atoms with van der Waals surface area (Å²) in [5.41, 5.74) is 1.22. The summed E-state index contributed by atoms with van der Waals surface area (Å²) >= 11 is 3.50. The largest absolute Gasteiger partial charge is 0.359 e. The Kier molecular flexibility index (Phi) is 4.14. The van der Waals surface area contributed by atoms with Gasteiger partial charge in [0, 0.05) is 24.5 Å². The summed E-state index contributed by atoms with van der Waals surface area (Å²) in [5, 5.41) is 7.67. The number of benzene rings is 1. The van der Waals surface area contributed by atoms with Crippen molar-refractivity contribution >= 4 is 21.8 Å². The van der Waals surface area contributed by atoms with E-state index in [1.165, 1.54) is 5.56 Å². The van der Waals surface area contributed by atoms with Gasteiger partial charge in [-0.25, -0.2) is 0 Å². The predicted octanol–water partition coefficient (Wildman–Crippen LogP) is 3.27. The van der Waals surface area contributed by atoms with Gasteiger partial charge in [0.15, 0.2) is 0 Å². The van der Waals surface area contributed by atoms with E-state index in [-0.39, 0.29) is 0 Å². The summed E-state index contributed by atoms with van der Waals surface area (Å²) in [6.07, 6.45) is 0.779. The van der Waals surface area contributed by atoms with Gasteiger partial charge in [0.1, 0.15) is 0 Å². The second kappa shape index (κ2) is 5.15. The van der Waals surface area contributed by atoms with E-state index in [9.17, 15) is 0 Å². The van der Waals surface area contributed by atoms with E-state index in [0.29, 0.717) is 5.84 Å². The molecular formula is C11H15BrN2. The van der Waals surface area contributed by atoms with E-state index in [1.807, 2.05) is 37.1 Å². The standard InChI is InChI=1S/C11H15BrN2/c1-3-11(13)14(2)8-9-6-4-5-7-10(9)12/h4-7,13H,3,8H2,1-2H3. The molecule has 0 saturated heterocycles. The Hall–Kier alpha value is -0.830. The third-order valence-electron chi connectivity index (χ3n) is 2.16. The Morgan fingerprint density at radius 1 is 1.43 bits per heavy atom. The lowest BCUT2D eigenvalue weighted by Crippen LogP contribution is -2.24. The second-order valence-corrected chi connectivity index (χ2v) is 4.10. The van der Waals surface area contributed by atoms with Crippen molar-refractivity contribution in [2.75, 3.05) is 7.05 Å². The highest BCUT2D eigenvalue weighted by molar-refractivity contribution is 9.10. The minimum Gasteiger partial charge on any atom is -0.359 e. The van der Waals surface area contributed by atoms with Crippen LogP contribution in [-0.4, -0.2) is 17.8 Å². The molecule has 1 N–H and O–H groups in total. The number of nitrogens with one attached hydrogen (secondary N) is 1. The number of nitrogens with zero attached hydrogens (tertiary/aromatic N) is 1. The van der Waals surface area contributed by atoms with Gasteiger partial charge in [0.2, 0.25) is 0 Å². The topological polar surface area (TPSA) is 27.1 Å². The van der Waals surface area contributed by atoms with Crippen LogP contribution in [0.2, 0.25) is 0 Å². The van der Waals surface area contributed by atoms with Gasteiger partial charge in [-0.15, -0.1) is 0 Å². The first-order chi connectivity index (χ1) is 6.65. The summed E-state index contributed by atoms with van der Waals surface area (Å²) in [6.45, 7) is 2.78. The van der Waals surface area contributed by atoms with Crippen LogP contribution in [0, 0.1) is 5.41 Å². The molecule has 0 radical (unpaired) electrons. The number of hydrogen-bond acceptors (Lipinski definition) is 1. The highest BCUT2D eigenvalue weighted by Gasteiger charge is 2.04. The third kappa shape index (κ3) is 2.84. The van der Waals surface area contributed by atoms with Gasteiger partial charge in [-0.1, -0.05) is 41.1 Å². The number of hydrogen-bond donors (Lipinski definition) is 1. The molecule has 0 fully saturated rings. The molecule has 0 heterocycles. The van der Waals surface area contributed by atoms with Crippen molar-refractivity contribution in [3.8, 4) is 0 Å². The van der Waals surface area contributed by atoms with Crippen molar-refractivity contribution < 1.29 is 0 Å². The van der Waals surface area contributed by atoms with Crippen LogP contribution in [-0.2, 0) is 6.54 Å². The first-order valence-corrected chi connectivity index (χ1v) is 5.46. The molecule has 0 atom stereocenters. The molecule has 0 unspecified atom stereocenters. The Morgan fingerprint density at radius 3 is 2.64 bits per heavy atom. The minimum atomic E-state index is 0.667. The van der Waals surface area contributed by atoms with Crippen molar-refractivity contribution in [3.05, 3.63) is 34.3 Å². The monoisotopic (exact) mass is 254 g/mol. The molecule has 0 aliphatic rings. The molecule has 0 aliphatic carbocycles. The summed E-state index contributed by atoms with van der Waals surface area (Å²) in [4.78, 5) is 1.96. The van der Waals surface area contributed by atoms with E-state index in [1.54, 1.807) is 0 Å². The highest BCUT2D eigenvalue weighted by atomic mass is 79.9. The molecule has 76 valence electrons. The molecule has 1 aromatic carbocycles. The van der Waals surface area contributed by atoms with Crippen molar-refractivity contribution in [1.29, 1.82) is 5.41 Å². The van der Waals surface area contributed by atoms with Gasteiger partial charge in [0.05, 0.1) is 5.84 Å². The van der Waals surface area contributed by atoms with Crippen LogP contribution in [0.15, 0.2) is 28.7 Å². The van der Waals surface area contributed by atoms with Crippen LogP contribution in [0.4, 0.5) is 0 Å². The van der Waals surface area contributed by atoms with E-state index in [2.05, 4.69) is 22.0 Å². The number of halogens is 1. The zero-order valence-corrected chi connectivity index (χ0v) is 10.1. The van der Waals surface area contributed by atoms with Crippen LogP contribution in [0.5, 0.6) is 0 Å². The first-order valence-electron chi connectivity index (χ1n) is 4.67. The molecule has 0 bridgehead atoms. The molecule has 0 amide bonds. The Bertz CT molecular complexity index is 323. The number of amidine groups is 1. The van der Waals surface area contributed by atoms with Gasteiger partial charge in [0.25, 0.3) is 0 Å². The normalized spacial score (nSPS) is 9.93. The molecule has 1 aromatic rings. The van der Waals surface area contributed by atoms with E-state index < -0.39 is 0 Å². The zero-order valence-electron chi connectivity index (χ0n) is 8.55. The molecule has 0 aromatic heterocycles. The van der Waals surface area contributed by atoms with Crippen LogP contribution < -0.4 is 0 Å². The summed E-state index contributed by atoms with van der Waals surface area (Å²) in [7, 11) is 1.95. The van der Waals surface area contributed by atoms with E-state index in [0.717, 1.165) is 17.4 Å². The van der Waals surface area contributed by atoms with Crippen molar-refractivity contribution in [3.63, 3.8) is 0 Å². The first kappa shape index (κ1) is 11.2. The molecular weight excluding hydrogens is 240 g/mol. The van der Waals surface area contributed by atoms with Gasteiger partial charge in [-0.3, -0.25) is 5.41 Å². The van der Waals surface area contributed by atoms with E-state index in [4.69, 9.17) is 5.41 Å². The Labute approximate surface area is 93.6 Å². The number of rotatable bonds is 3. The Balaban J connectivity index is 2.69. The lowest BCUT2D eigenvalue weighted by Gasteiger charge is -2.19. The summed E-state index contributed by atoms with van der Waals surface area (Å²) in [5.74, 6) is 0.667. The fourth-order valence-electron chi connectivity index (χ4n) is 1.25. The SMILES string of the molecule is CCC(=N)N(C)Cc1ccccc1Br. The van der Waals surface area contributed by atoms with Gasteiger partial charge in [-0.05, 0) is 11.6 Å². The average molecular weight is 255 g/mol. The molecule has 2 nitrogen and oxygen atoms in total. The summed E-state index contributed by atoms with van der Waals surface area (Å²) in [6, 6.07) is 8.12. The smallest absolute Gasteiger partial charge is 0.0955 e. The lowest BCUT2D eigenvalue weighted by atomic mass is 10.2. The third-order valence-corrected chi connectivity index (χ3v) is 2.93. The Morgan fingerprint density at radius 2 is 2.07 bits per heavy atom. The van der Waals surface area contributed by atoms with Crippen molar-refractivity contribution in [2.24, 2.45) is 0 Å². The second-order valence-electron chi connectivity index (χ2n) is 3.25. The molecule has 0 saturated carbocycles. The van der Waals surface area contributed by atoms with Gasteiger partial charge in [-0.2, -0.15) is 0 Å². The molecule has 0 aliphatic heterocycles.